The normalized spacial score (nSPS) is 10.8. The Labute approximate surface area is 168 Å². The fraction of sp³-hybridized carbons (Fsp3) is 0. The number of carbonyl (C=O) groups excluding carboxylic acids is 1. The van der Waals surface area contributed by atoms with Crippen LogP contribution >= 0.6 is 22.9 Å². The zero-order chi connectivity index (χ0) is 19.7. The monoisotopic (exact) mass is 409 g/mol. The Morgan fingerprint density at radius 3 is 2.64 bits per heavy atom. The van der Waals surface area contributed by atoms with E-state index in [0.29, 0.717) is 27.8 Å². The van der Waals surface area contributed by atoms with E-state index in [1.807, 2.05) is 41.8 Å². The molecular weight excluding hydrogens is 398 g/mol. The van der Waals surface area contributed by atoms with E-state index in [-0.39, 0.29) is 16.6 Å². The first-order chi connectivity index (χ1) is 13.5. The Kier molecular flexibility index (Phi) is 4.77. The van der Waals surface area contributed by atoms with Crippen LogP contribution in [0, 0.1) is 10.1 Å². The summed E-state index contributed by atoms with van der Waals surface area (Å²) in [7, 11) is 0. The van der Waals surface area contributed by atoms with E-state index in [9.17, 15) is 14.9 Å². The second kappa shape index (κ2) is 7.38. The molecular formula is C20H12ClN3O3S. The van der Waals surface area contributed by atoms with Gasteiger partial charge in [-0.05, 0) is 29.6 Å². The Morgan fingerprint density at radius 1 is 1.11 bits per heavy atom. The molecule has 2 aromatic carbocycles. The number of aromatic nitrogens is 1. The molecule has 0 aliphatic carbocycles. The molecule has 0 spiro atoms. The lowest BCUT2D eigenvalue weighted by molar-refractivity contribution is -0.384. The highest BCUT2D eigenvalue weighted by atomic mass is 35.5. The molecule has 1 amide bonds. The van der Waals surface area contributed by atoms with E-state index in [1.165, 1.54) is 29.5 Å². The molecule has 28 heavy (non-hydrogen) atoms. The summed E-state index contributed by atoms with van der Waals surface area (Å²) in [5, 5.41) is 16.3. The van der Waals surface area contributed by atoms with Gasteiger partial charge in [-0.3, -0.25) is 14.9 Å². The summed E-state index contributed by atoms with van der Waals surface area (Å²) in [5.41, 5.74) is 2.01. The van der Waals surface area contributed by atoms with Crippen molar-refractivity contribution in [1.82, 2.24) is 4.98 Å². The lowest BCUT2D eigenvalue weighted by Gasteiger charge is -2.11. The van der Waals surface area contributed by atoms with Crippen LogP contribution in [0.5, 0.6) is 0 Å². The van der Waals surface area contributed by atoms with E-state index in [0.717, 1.165) is 4.88 Å². The van der Waals surface area contributed by atoms with Crippen LogP contribution in [0.25, 0.3) is 21.5 Å². The van der Waals surface area contributed by atoms with E-state index in [2.05, 4.69) is 10.3 Å². The number of fused-ring (bicyclic) bond motifs is 1. The Balaban J connectivity index is 1.76. The molecule has 8 heteroatoms. The maximum absolute atomic E-state index is 13.0. The second-order valence-corrected chi connectivity index (χ2v) is 7.28. The number of carbonyl (C=O) groups is 1. The van der Waals surface area contributed by atoms with Gasteiger partial charge in [0.05, 0.1) is 37.3 Å². The minimum Gasteiger partial charge on any atom is -0.321 e. The van der Waals surface area contributed by atoms with Gasteiger partial charge in [0.2, 0.25) is 0 Å². The minimum absolute atomic E-state index is 0.0967. The molecule has 0 aliphatic rings. The lowest BCUT2D eigenvalue weighted by Crippen LogP contribution is -2.13. The molecule has 2 heterocycles. The van der Waals surface area contributed by atoms with Gasteiger partial charge in [-0.25, -0.2) is 4.98 Å². The number of nitro groups is 1. The molecule has 1 N–H and O–H groups in total. The van der Waals surface area contributed by atoms with Crippen molar-refractivity contribution in [2.24, 2.45) is 0 Å². The largest absolute Gasteiger partial charge is 0.321 e. The van der Waals surface area contributed by atoms with Crippen LogP contribution < -0.4 is 5.32 Å². The number of pyridine rings is 1. The van der Waals surface area contributed by atoms with E-state index >= 15 is 0 Å². The van der Waals surface area contributed by atoms with Gasteiger partial charge in [0, 0.05) is 17.5 Å². The summed E-state index contributed by atoms with van der Waals surface area (Å²) < 4.78 is 0. The van der Waals surface area contributed by atoms with Crippen LogP contribution in [0.1, 0.15) is 10.4 Å². The number of hydrogen-bond acceptors (Lipinski definition) is 5. The second-order valence-electron chi connectivity index (χ2n) is 5.92. The quantitative estimate of drug-likeness (QED) is 0.342. The van der Waals surface area contributed by atoms with Crippen molar-refractivity contribution in [3.63, 3.8) is 0 Å². The van der Waals surface area contributed by atoms with Crippen LogP contribution in [0.4, 0.5) is 11.4 Å². The van der Waals surface area contributed by atoms with Gasteiger partial charge in [-0.2, -0.15) is 0 Å². The number of non-ortho nitro benzene ring substituents is 1. The molecule has 0 radical (unpaired) electrons. The molecule has 4 rings (SSSR count). The highest BCUT2D eigenvalue weighted by molar-refractivity contribution is 7.13. The summed E-state index contributed by atoms with van der Waals surface area (Å²) in [6.45, 7) is 0. The lowest BCUT2D eigenvalue weighted by atomic mass is 10.1. The maximum atomic E-state index is 13.0. The molecule has 0 fully saturated rings. The zero-order valence-corrected chi connectivity index (χ0v) is 15.8. The predicted octanol–water partition coefficient (Wildman–Crippen LogP) is 5.78. The predicted molar refractivity (Wildman–Crippen MR) is 111 cm³/mol. The van der Waals surface area contributed by atoms with E-state index < -0.39 is 4.92 Å². The molecule has 0 unspecified atom stereocenters. The van der Waals surface area contributed by atoms with Gasteiger partial charge in [0.25, 0.3) is 11.6 Å². The SMILES string of the molecule is O=C(Nc1ccc([N+](=O)[O-])cc1Cl)c1cc(-c2cccs2)nc2ccccc12. The molecule has 0 saturated heterocycles. The summed E-state index contributed by atoms with van der Waals surface area (Å²) in [6, 6.07) is 16.9. The number of amides is 1. The number of thiophene rings is 1. The van der Waals surface area contributed by atoms with Gasteiger partial charge in [-0.1, -0.05) is 35.9 Å². The fourth-order valence-corrected chi connectivity index (χ4v) is 3.73. The number of benzene rings is 2. The molecule has 4 aromatic rings. The van der Waals surface area contributed by atoms with Gasteiger partial charge >= 0.3 is 0 Å². The maximum Gasteiger partial charge on any atom is 0.271 e. The third kappa shape index (κ3) is 3.45. The standard InChI is InChI=1S/C20H12ClN3O3S/c21-15-10-12(24(26)27)7-8-17(15)23-20(25)14-11-18(19-6-3-9-28-19)22-16-5-2-1-4-13(14)16/h1-11H,(H,23,25). The van der Waals surface area contributed by atoms with E-state index in [4.69, 9.17) is 11.6 Å². The molecule has 2 aromatic heterocycles. The van der Waals surface area contributed by atoms with Gasteiger partial charge in [-0.15, -0.1) is 11.3 Å². The van der Waals surface area contributed by atoms with Crippen LogP contribution in [0.2, 0.25) is 5.02 Å². The molecule has 6 nitrogen and oxygen atoms in total. The van der Waals surface area contributed by atoms with Gasteiger partial charge in [0.1, 0.15) is 0 Å². The van der Waals surface area contributed by atoms with Crippen LogP contribution in [0.15, 0.2) is 66.0 Å². The Bertz CT molecular complexity index is 1210. The zero-order valence-electron chi connectivity index (χ0n) is 14.3. The topological polar surface area (TPSA) is 85.1 Å². The summed E-state index contributed by atoms with van der Waals surface area (Å²) in [5.74, 6) is -0.368. The first-order valence-corrected chi connectivity index (χ1v) is 9.47. The molecule has 0 atom stereocenters. The Hall–Kier alpha value is -3.29. The van der Waals surface area contributed by atoms with E-state index in [1.54, 1.807) is 6.07 Å². The summed E-state index contributed by atoms with van der Waals surface area (Å²) in [4.78, 5) is 28.9. The van der Waals surface area contributed by atoms with Crippen molar-refractivity contribution in [2.75, 3.05) is 5.32 Å². The fourth-order valence-electron chi connectivity index (χ4n) is 2.82. The number of nitro benzene ring substituents is 1. The van der Waals surface area contributed by atoms with Crippen LogP contribution in [0.3, 0.4) is 0 Å². The van der Waals surface area contributed by atoms with Gasteiger partial charge < -0.3 is 5.32 Å². The number of halogens is 1. The summed E-state index contributed by atoms with van der Waals surface area (Å²) >= 11 is 7.64. The molecule has 0 bridgehead atoms. The van der Waals surface area contributed by atoms with Crippen molar-refractivity contribution in [3.05, 3.63) is 86.7 Å². The van der Waals surface area contributed by atoms with Crippen molar-refractivity contribution in [2.45, 2.75) is 0 Å². The average Bonchev–Trinajstić information content (AvgIpc) is 3.23. The van der Waals surface area contributed by atoms with Crippen molar-refractivity contribution >= 4 is 51.1 Å². The summed E-state index contributed by atoms with van der Waals surface area (Å²) in [6.07, 6.45) is 0. The minimum atomic E-state index is -0.541. The number of nitrogens with zero attached hydrogens (tertiary/aromatic N) is 2. The smallest absolute Gasteiger partial charge is 0.271 e. The average molecular weight is 410 g/mol. The highest BCUT2D eigenvalue weighted by Crippen LogP contribution is 2.30. The van der Waals surface area contributed by atoms with Crippen LogP contribution in [-0.2, 0) is 0 Å². The number of para-hydroxylation sites is 1. The number of anilines is 1. The van der Waals surface area contributed by atoms with Crippen molar-refractivity contribution < 1.29 is 9.72 Å². The third-order valence-electron chi connectivity index (χ3n) is 4.15. The highest BCUT2D eigenvalue weighted by Gasteiger charge is 2.17. The molecule has 138 valence electrons. The molecule has 0 saturated carbocycles. The Morgan fingerprint density at radius 2 is 1.93 bits per heavy atom. The number of rotatable bonds is 4. The van der Waals surface area contributed by atoms with Crippen molar-refractivity contribution in [1.29, 1.82) is 0 Å². The van der Waals surface area contributed by atoms with Crippen LogP contribution in [-0.4, -0.2) is 15.8 Å². The van der Waals surface area contributed by atoms with Gasteiger partial charge in [0.15, 0.2) is 0 Å². The first kappa shape index (κ1) is 18.1. The van der Waals surface area contributed by atoms with Crippen molar-refractivity contribution in [3.8, 4) is 10.6 Å². The first-order valence-electron chi connectivity index (χ1n) is 8.22. The molecule has 0 aliphatic heterocycles. The number of hydrogen-bond donors (Lipinski definition) is 1. The third-order valence-corrected chi connectivity index (χ3v) is 5.35. The number of nitrogens with one attached hydrogen (secondary N) is 1.